The van der Waals surface area contributed by atoms with Crippen LogP contribution in [0.2, 0.25) is 0 Å². The van der Waals surface area contributed by atoms with Gasteiger partial charge in [-0.1, -0.05) is 36.4 Å². The van der Waals surface area contributed by atoms with Crippen LogP contribution >= 0.6 is 15.9 Å². The van der Waals surface area contributed by atoms with Crippen LogP contribution in [-0.2, 0) is 0 Å². The molecule has 0 aliphatic rings. The molecular weight excluding hydrogens is 278 g/mol. The van der Waals surface area contributed by atoms with Crippen LogP contribution in [0.1, 0.15) is 0 Å². The summed E-state index contributed by atoms with van der Waals surface area (Å²) < 4.78 is 2.71. The zero-order valence-electron chi connectivity index (χ0n) is 8.97. The molecule has 3 aromatic rings. The van der Waals surface area contributed by atoms with Crippen LogP contribution in [0, 0.1) is 0 Å². The fraction of sp³-hybridized carbons (Fsp3) is 0. The first kappa shape index (κ1) is 10.4. The number of nitrogens with two attached hydrogens (primary N) is 1. The molecule has 0 saturated carbocycles. The molecule has 3 nitrogen and oxygen atoms in total. The fourth-order valence-electron chi connectivity index (χ4n) is 1.84. The summed E-state index contributed by atoms with van der Waals surface area (Å²) in [5, 5.41) is 4.53. The molecule has 3 rings (SSSR count). The summed E-state index contributed by atoms with van der Waals surface area (Å²) >= 11 is 3.58. The van der Waals surface area contributed by atoms with Gasteiger partial charge in [-0.2, -0.15) is 5.10 Å². The van der Waals surface area contributed by atoms with E-state index in [1.54, 1.807) is 4.52 Å². The normalized spacial score (nSPS) is 10.9. The van der Waals surface area contributed by atoms with Gasteiger partial charge in [0.05, 0.1) is 9.99 Å². The number of hydrogen-bond donors (Lipinski definition) is 1. The Hall–Kier alpha value is -1.81. The number of halogens is 1. The molecule has 4 heteroatoms. The van der Waals surface area contributed by atoms with Gasteiger partial charge in [-0.3, -0.25) is 0 Å². The Bertz CT molecular complexity index is 674. The van der Waals surface area contributed by atoms with Crippen molar-refractivity contribution >= 4 is 27.3 Å². The van der Waals surface area contributed by atoms with Gasteiger partial charge in [-0.05, 0) is 28.1 Å². The molecule has 2 heterocycles. The van der Waals surface area contributed by atoms with Gasteiger partial charge in [-0.15, -0.1) is 0 Å². The monoisotopic (exact) mass is 287 g/mol. The molecule has 0 aliphatic carbocycles. The van der Waals surface area contributed by atoms with E-state index in [1.807, 2.05) is 48.5 Å². The lowest BCUT2D eigenvalue weighted by Gasteiger charge is -1.96. The molecule has 1 aromatic carbocycles. The summed E-state index contributed by atoms with van der Waals surface area (Å²) in [7, 11) is 0. The highest BCUT2D eigenvalue weighted by atomic mass is 79.9. The number of nitrogen functional groups attached to an aromatic ring is 1. The lowest BCUT2D eigenvalue weighted by atomic mass is 10.1. The van der Waals surface area contributed by atoms with Crippen molar-refractivity contribution in [3.8, 4) is 11.3 Å². The van der Waals surface area contributed by atoms with Crippen molar-refractivity contribution in [2.75, 3.05) is 5.73 Å². The number of hydrogen-bond acceptors (Lipinski definition) is 2. The number of fused-ring (bicyclic) bond motifs is 1. The van der Waals surface area contributed by atoms with Gasteiger partial charge in [0.2, 0.25) is 0 Å². The third-order valence-corrected chi connectivity index (χ3v) is 3.46. The quantitative estimate of drug-likeness (QED) is 0.746. The van der Waals surface area contributed by atoms with Crippen LogP contribution in [0.4, 0.5) is 5.82 Å². The molecule has 0 amide bonds. The number of benzene rings is 1. The van der Waals surface area contributed by atoms with Crippen molar-refractivity contribution in [2.24, 2.45) is 0 Å². The highest BCUT2D eigenvalue weighted by Crippen LogP contribution is 2.31. The third kappa shape index (κ3) is 1.61. The maximum atomic E-state index is 5.90. The zero-order valence-corrected chi connectivity index (χ0v) is 10.6. The Morgan fingerprint density at radius 3 is 2.47 bits per heavy atom. The average Bonchev–Trinajstić information content (AvgIpc) is 2.70. The molecule has 0 spiro atoms. The lowest BCUT2D eigenvalue weighted by molar-refractivity contribution is 0.978. The minimum Gasteiger partial charge on any atom is -0.384 e. The molecule has 0 unspecified atom stereocenters. The molecule has 0 fully saturated rings. The van der Waals surface area contributed by atoms with Gasteiger partial charge in [0, 0.05) is 5.56 Å². The van der Waals surface area contributed by atoms with Crippen molar-refractivity contribution in [2.45, 2.75) is 0 Å². The summed E-state index contributed by atoms with van der Waals surface area (Å²) in [5.41, 5.74) is 8.85. The first-order valence-corrected chi connectivity index (χ1v) is 6.05. The molecule has 84 valence electrons. The first-order valence-electron chi connectivity index (χ1n) is 5.25. The molecule has 0 radical (unpaired) electrons. The second-order valence-electron chi connectivity index (χ2n) is 3.78. The van der Waals surface area contributed by atoms with Gasteiger partial charge in [0.15, 0.2) is 0 Å². The Morgan fingerprint density at radius 1 is 1.00 bits per heavy atom. The molecule has 2 N–H and O–H groups in total. The first-order chi connectivity index (χ1) is 8.27. The van der Waals surface area contributed by atoms with Crippen molar-refractivity contribution in [3.05, 3.63) is 53.0 Å². The summed E-state index contributed by atoms with van der Waals surface area (Å²) in [6, 6.07) is 15.8. The van der Waals surface area contributed by atoms with Gasteiger partial charge >= 0.3 is 0 Å². The van der Waals surface area contributed by atoms with E-state index < -0.39 is 0 Å². The molecule has 17 heavy (non-hydrogen) atoms. The average molecular weight is 288 g/mol. The number of pyridine rings is 1. The van der Waals surface area contributed by atoms with E-state index in [0.29, 0.717) is 5.82 Å². The topological polar surface area (TPSA) is 43.3 Å². The van der Waals surface area contributed by atoms with E-state index in [2.05, 4.69) is 21.0 Å². The van der Waals surface area contributed by atoms with Crippen molar-refractivity contribution in [3.63, 3.8) is 0 Å². The number of anilines is 1. The van der Waals surface area contributed by atoms with Crippen molar-refractivity contribution in [1.29, 1.82) is 0 Å². The minimum absolute atomic E-state index is 0.630. The highest BCUT2D eigenvalue weighted by molar-refractivity contribution is 9.10. The summed E-state index contributed by atoms with van der Waals surface area (Å²) in [6.45, 7) is 0. The van der Waals surface area contributed by atoms with Gasteiger partial charge in [0.25, 0.3) is 0 Å². The Morgan fingerprint density at radius 2 is 1.76 bits per heavy atom. The minimum atomic E-state index is 0.630. The summed E-state index contributed by atoms with van der Waals surface area (Å²) in [4.78, 5) is 0. The Kier molecular flexibility index (Phi) is 2.37. The van der Waals surface area contributed by atoms with Crippen molar-refractivity contribution in [1.82, 2.24) is 9.61 Å². The zero-order chi connectivity index (χ0) is 11.8. The third-order valence-electron chi connectivity index (χ3n) is 2.67. The van der Waals surface area contributed by atoms with Crippen LogP contribution in [0.25, 0.3) is 16.8 Å². The highest BCUT2D eigenvalue weighted by Gasteiger charge is 2.12. The van der Waals surface area contributed by atoms with Gasteiger partial charge in [-0.25, -0.2) is 4.52 Å². The lowest BCUT2D eigenvalue weighted by Crippen LogP contribution is -1.96. The predicted molar refractivity (Wildman–Crippen MR) is 72.7 cm³/mol. The second kappa shape index (κ2) is 3.89. The molecule has 0 bridgehead atoms. The van der Waals surface area contributed by atoms with E-state index >= 15 is 0 Å². The van der Waals surface area contributed by atoms with E-state index in [1.165, 1.54) is 0 Å². The predicted octanol–water partition coefficient (Wildman–Crippen LogP) is 3.35. The molecule has 0 aliphatic heterocycles. The van der Waals surface area contributed by atoms with Crippen LogP contribution in [-0.4, -0.2) is 9.61 Å². The summed E-state index contributed by atoms with van der Waals surface area (Å²) in [6.07, 6.45) is 0. The van der Waals surface area contributed by atoms with Gasteiger partial charge < -0.3 is 5.73 Å². The fourth-order valence-corrected chi connectivity index (χ4v) is 2.45. The maximum Gasteiger partial charge on any atom is 0.125 e. The Labute approximate surface area is 107 Å². The number of aromatic nitrogens is 2. The molecule has 0 atom stereocenters. The van der Waals surface area contributed by atoms with Crippen LogP contribution < -0.4 is 5.73 Å². The smallest absolute Gasteiger partial charge is 0.125 e. The van der Waals surface area contributed by atoms with E-state index in [4.69, 9.17) is 5.73 Å². The maximum absolute atomic E-state index is 5.90. The Balaban J connectivity index is 2.32. The molecule has 2 aromatic heterocycles. The van der Waals surface area contributed by atoms with Crippen LogP contribution in [0.3, 0.4) is 0 Å². The largest absolute Gasteiger partial charge is 0.384 e. The van der Waals surface area contributed by atoms with Gasteiger partial charge in [0.1, 0.15) is 11.5 Å². The van der Waals surface area contributed by atoms with Crippen molar-refractivity contribution < 1.29 is 0 Å². The van der Waals surface area contributed by atoms with E-state index in [0.717, 1.165) is 21.2 Å². The van der Waals surface area contributed by atoms with Crippen LogP contribution in [0.15, 0.2) is 53.0 Å². The SMILES string of the molecule is Nc1cccc2c(Br)c(-c3ccccc3)nn12. The molecule has 0 saturated heterocycles. The standard InChI is InChI=1S/C13H10BrN3/c14-12-10-7-4-8-11(15)17(10)16-13(12)9-5-2-1-3-6-9/h1-8H,15H2. The number of rotatable bonds is 1. The second-order valence-corrected chi connectivity index (χ2v) is 4.57. The van der Waals surface area contributed by atoms with Crippen LogP contribution in [0.5, 0.6) is 0 Å². The van der Waals surface area contributed by atoms with E-state index in [9.17, 15) is 0 Å². The summed E-state index contributed by atoms with van der Waals surface area (Å²) in [5.74, 6) is 0.630. The number of nitrogens with zero attached hydrogens (tertiary/aromatic N) is 2. The van der Waals surface area contributed by atoms with E-state index in [-0.39, 0.29) is 0 Å². The molecular formula is C13H10BrN3.